The first kappa shape index (κ1) is 18.5. The second kappa shape index (κ2) is 10.1. The first-order valence-electron chi connectivity index (χ1n) is 8.60. The average Bonchev–Trinajstić information content (AvgIpc) is 2.66. The molecule has 0 saturated heterocycles. The van der Waals surface area contributed by atoms with E-state index in [1.54, 1.807) is 0 Å². The number of hydrogen-bond acceptors (Lipinski definition) is 4. The van der Waals surface area contributed by atoms with Crippen LogP contribution in [0.2, 0.25) is 0 Å². The summed E-state index contributed by atoms with van der Waals surface area (Å²) in [6.07, 6.45) is 4.59. The highest BCUT2D eigenvalue weighted by Gasteiger charge is 2.11. The second-order valence-electron chi connectivity index (χ2n) is 5.74. The smallest absolute Gasteiger partial charge is 0.187 e. The highest BCUT2D eigenvalue weighted by Crippen LogP contribution is 2.22. The van der Waals surface area contributed by atoms with Crippen LogP contribution < -0.4 is 4.74 Å². The van der Waals surface area contributed by atoms with E-state index in [0.717, 1.165) is 29.7 Å². The standard InChI is InChI=1S/C21H24N2O2/c1-3-4-5-10-17-11-7-9-14-21(17)25-16-18-12-6-8-13-19(18)20(15-22)23-24-2/h6-9,11-14H,3-5,10,16H2,1-2H3/b23-20+. The number of nitriles is 1. The molecule has 0 aromatic heterocycles. The van der Waals surface area contributed by atoms with E-state index < -0.39 is 0 Å². The molecule has 0 fully saturated rings. The van der Waals surface area contributed by atoms with Gasteiger partial charge in [0.05, 0.1) is 0 Å². The van der Waals surface area contributed by atoms with Gasteiger partial charge in [-0.1, -0.05) is 67.4 Å². The van der Waals surface area contributed by atoms with Gasteiger partial charge < -0.3 is 9.57 Å². The topological polar surface area (TPSA) is 54.6 Å². The zero-order chi connectivity index (χ0) is 17.9. The summed E-state index contributed by atoms with van der Waals surface area (Å²) in [5.41, 5.74) is 3.11. The van der Waals surface area contributed by atoms with Gasteiger partial charge >= 0.3 is 0 Å². The fraction of sp³-hybridized carbons (Fsp3) is 0.333. The van der Waals surface area contributed by atoms with E-state index in [-0.39, 0.29) is 5.71 Å². The van der Waals surface area contributed by atoms with Crippen LogP contribution in [0.4, 0.5) is 0 Å². The predicted octanol–water partition coefficient (Wildman–Crippen LogP) is 4.87. The Morgan fingerprint density at radius 1 is 1.04 bits per heavy atom. The first-order valence-corrected chi connectivity index (χ1v) is 8.60. The molecule has 0 radical (unpaired) electrons. The third-order valence-electron chi connectivity index (χ3n) is 3.97. The monoisotopic (exact) mass is 336 g/mol. The number of nitrogens with zero attached hydrogens (tertiary/aromatic N) is 2. The number of rotatable bonds is 9. The van der Waals surface area contributed by atoms with Crippen LogP contribution in [0.25, 0.3) is 0 Å². The molecule has 2 rings (SSSR count). The van der Waals surface area contributed by atoms with E-state index in [1.807, 2.05) is 42.5 Å². The molecule has 0 spiro atoms. The minimum Gasteiger partial charge on any atom is -0.489 e. The van der Waals surface area contributed by atoms with Gasteiger partial charge in [-0.05, 0) is 30.0 Å². The zero-order valence-corrected chi connectivity index (χ0v) is 14.9. The van der Waals surface area contributed by atoms with Crippen molar-refractivity contribution in [2.45, 2.75) is 39.2 Å². The van der Waals surface area contributed by atoms with Crippen LogP contribution in [0.5, 0.6) is 5.75 Å². The molecule has 0 aliphatic rings. The molecule has 0 amide bonds. The maximum atomic E-state index is 9.28. The average molecular weight is 336 g/mol. The van der Waals surface area contributed by atoms with Crippen LogP contribution >= 0.6 is 0 Å². The Kier molecular flexibility index (Phi) is 7.52. The molecule has 0 aliphatic heterocycles. The molecule has 2 aromatic rings. The van der Waals surface area contributed by atoms with Crippen molar-refractivity contribution in [2.24, 2.45) is 5.16 Å². The molecule has 0 aliphatic carbocycles. The lowest BCUT2D eigenvalue weighted by atomic mass is 10.0. The molecule has 0 saturated carbocycles. The molecule has 4 nitrogen and oxygen atoms in total. The highest BCUT2D eigenvalue weighted by atomic mass is 16.6. The van der Waals surface area contributed by atoms with E-state index >= 15 is 0 Å². The summed E-state index contributed by atoms with van der Waals surface area (Å²) in [5, 5.41) is 13.1. The summed E-state index contributed by atoms with van der Waals surface area (Å²) in [6.45, 7) is 2.58. The third-order valence-corrected chi connectivity index (χ3v) is 3.97. The van der Waals surface area contributed by atoms with Crippen molar-refractivity contribution >= 4 is 5.71 Å². The first-order chi connectivity index (χ1) is 12.3. The number of hydrogen-bond donors (Lipinski definition) is 0. The van der Waals surface area contributed by atoms with Gasteiger partial charge in [-0.2, -0.15) is 5.26 Å². The van der Waals surface area contributed by atoms with Gasteiger partial charge in [0.2, 0.25) is 0 Å². The lowest BCUT2D eigenvalue weighted by Gasteiger charge is -2.13. The highest BCUT2D eigenvalue weighted by molar-refractivity contribution is 6.12. The molecular weight excluding hydrogens is 312 g/mol. The van der Waals surface area contributed by atoms with Crippen LogP contribution in [0, 0.1) is 11.3 Å². The molecule has 0 bridgehead atoms. The molecule has 0 heterocycles. The number of benzene rings is 2. The SMILES string of the molecule is CCCCCc1ccccc1OCc1ccccc1/C(C#N)=N/OC. The van der Waals surface area contributed by atoms with Crippen molar-refractivity contribution in [3.05, 3.63) is 65.2 Å². The molecule has 2 aromatic carbocycles. The summed E-state index contributed by atoms with van der Waals surface area (Å²) in [4.78, 5) is 4.77. The third kappa shape index (κ3) is 5.36. The molecule has 0 unspecified atom stereocenters. The van der Waals surface area contributed by atoms with Crippen LogP contribution in [-0.2, 0) is 17.9 Å². The number of para-hydroxylation sites is 1. The van der Waals surface area contributed by atoms with E-state index in [9.17, 15) is 5.26 Å². The van der Waals surface area contributed by atoms with Gasteiger partial charge in [0.15, 0.2) is 5.71 Å². The van der Waals surface area contributed by atoms with Crippen molar-refractivity contribution < 1.29 is 9.57 Å². The van der Waals surface area contributed by atoms with Crippen LogP contribution in [0.3, 0.4) is 0 Å². The minimum atomic E-state index is 0.248. The van der Waals surface area contributed by atoms with Gasteiger partial charge in [0, 0.05) is 5.56 Å². The fourth-order valence-corrected chi connectivity index (χ4v) is 2.67. The van der Waals surface area contributed by atoms with Gasteiger partial charge in [-0.15, -0.1) is 0 Å². The van der Waals surface area contributed by atoms with Gasteiger partial charge in [0.25, 0.3) is 0 Å². The van der Waals surface area contributed by atoms with Gasteiger partial charge in [-0.3, -0.25) is 0 Å². The van der Waals surface area contributed by atoms with E-state index in [0.29, 0.717) is 6.61 Å². The lowest BCUT2D eigenvalue weighted by Crippen LogP contribution is -2.07. The summed E-state index contributed by atoms with van der Waals surface area (Å²) in [5.74, 6) is 0.899. The van der Waals surface area contributed by atoms with E-state index in [4.69, 9.17) is 9.57 Å². The fourth-order valence-electron chi connectivity index (χ4n) is 2.67. The van der Waals surface area contributed by atoms with Crippen molar-refractivity contribution in [2.75, 3.05) is 7.11 Å². The Hall–Kier alpha value is -2.80. The summed E-state index contributed by atoms with van der Waals surface area (Å²) in [6, 6.07) is 17.8. The quantitative estimate of drug-likeness (QED) is 0.373. The van der Waals surface area contributed by atoms with Crippen LogP contribution in [0.15, 0.2) is 53.7 Å². The molecule has 4 heteroatoms. The number of aryl methyl sites for hydroxylation is 1. The van der Waals surface area contributed by atoms with Crippen LogP contribution in [0.1, 0.15) is 42.9 Å². The zero-order valence-electron chi connectivity index (χ0n) is 14.9. The number of ether oxygens (including phenoxy) is 1. The summed E-state index contributed by atoms with van der Waals surface area (Å²) < 4.78 is 6.06. The Bertz CT molecular complexity index is 748. The van der Waals surface area contributed by atoms with Crippen molar-refractivity contribution in [1.82, 2.24) is 0 Å². The molecule has 0 N–H and O–H groups in total. The number of oxime groups is 1. The second-order valence-corrected chi connectivity index (χ2v) is 5.74. The summed E-state index contributed by atoms with van der Waals surface area (Å²) >= 11 is 0. The number of unbranched alkanes of at least 4 members (excludes halogenated alkanes) is 2. The Labute approximate surface area is 149 Å². The largest absolute Gasteiger partial charge is 0.489 e. The molecular formula is C21H24N2O2. The Morgan fingerprint density at radius 3 is 2.48 bits per heavy atom. The lowest BCUT2D eigenvalue weighted by molar-refractivity contribution is 0.214. The molecule has 25 heavy (non-hydrogen) atoms. The van der Waals surface area contributed by atoms with Gasteiger partial charge in [-0.25, -0.2) is 0 Å². The molecule has 130 valence electrons. The maximum Gasteiger partial charge on any atom is 0.187 e. The maximum absolute atomic E-state index is 9.28. The minimum absolute atomic E-state index is 0.248. The van der Waals surface area contributed by atoms with Crippen molar-refractivity contribution in [1.29, 1.82) is 5.26 Å². The van der Waals surface area contributed by atoms with Crippen molar-refractivity contribution in [3.63, 3.8) is 0 Å². The molecule has 0 atom stereocenters. The van der Waals surface area contributed by atoms with Crippen LogP contribution in [-0.4, -0.2) is 12.8 Å². The normalized spacial score (nSPS) is 11.0. The van der Waals surface area contributed by atoms with Crippen molar-refractivity contribution in [3.8, 4) is 11.8 Å². The Balaban J connectivity index is 2.15. The van der Waals surface area contributed by atoms with E-state index in [1.165, 1.54) is 25.5 Å². The van der Waals surface area contributed by atoms with Gasteiger partial charge in [0.1, 0.15) is 25.5 Å². The Morgan fingerprint density at radius 2 is 1.76 bits per heavy atom. The predicted molar refractivity (Wildman–Crippen MR) is 99.6 cm³/mol. The van der Waals surface area contributed by atoms with E-state index in [2.05, 4.69) is 24.2 Å². The summed E-state index contributed by atoms with van der Waals surface area (Å²) in [7, 11) is 1.43.